The molecule has 13 heteroatoms. The van der Waals surface area contributed by atoms with Crippen molar-refractivity contribution in [2.24, 2.45) is 0 Å². The standard InChI is InChI=1S/C24H22Cl4N4O5/c1-3-18(31(2)24(35)36)19(33)8-10-32(23(34)22(27)28)13-7-9-29-16(11-13)20-12-17(30-37-20)21-14(25)5-4-6-15(21)26/h4-7,9,11-12,18,22H,3,8,10H2,1-2H3,(H,35,36). The van der Waals surface area contributed by atoms with Crippen molar-refractivity contribution in [2.75, 3.05) is 18.5 Å². The van der Waals surface area contributed by atoms with E-state index in [0.29, 0.717) is 32.7 Å². The summed E-state index contributed by atoms with van der Waals surface area (Å²) < 4.78 is 5.45. The molecule has 0 spiro atoms. The van der Waals surface area contributed by atoms with Crippen molar-refractivity contribution in [1.82, 2.24) is 15.0 Å². The van der Waals surface area contributed by atoms with Crippen molar-refractivity contribution in [3.63, 3.8) is 0 Å². The van der Waals surface area contributed by atoms with Crippen LogP contribution in [-0.4, -0.2) is 62.4 Å². The fourth-order valence-electron chi connectivity index (χ4n) is 3.70. The molecule has 0 aliphatic rings. The summed E-state index contributed by atoms with van der Waals surface area (Å²) in [5.74, 6) is -0.732. The SMILES string of the molecule is CCC(C(=O)CCN(C(=O)C(Cl)Cl)c1ccnc(-c2cc(-c3c(Cl)cccc3Cl)no2)c1)N(C)C(=O)O. The Hall–Kier alpha value is -2.85. The molecule has 1 aromatic carbocycles. The van der Waals surface area contributed by atoms with Crippen LogP contribution in [0.5, 0.6) is 0 Å². The Morgan fingerprint density at radius 1 is 1.08 bits per heavy atom. The number of pyridine rings is 1. The number of alkyl halides is 2. The van der Waals surface area contributed by atoms with Gasteiger partial charge in [-0.3, -0.25) is 14.6 Å². The molecular formula is C24H22Cl4N4O5. The number of Topliss-reactive ketones (excluding diaryl/α,β-unsaturated/α-hetero) is 1. The number of carboxylic acid groups (broad SMARTS) is 1. The fraction of sp³-hybridized carbons (Fsp3) is 0.292. The lowest BCUT2D eigenvalue weighted by Gasteiger charge is -2.26. The summed E-state index contributed by atoms with van der Waals surface area (Å²) in [7, 11) is 1.32. The Bertz CT molecular complexity index is 1280. The fourth-order valence-corrected chi connectivity index (χ4v) is 4.53. The van der Waals surface area contributed by atoms with Crippen molar-refractivity contribution in [1.29, 1.82) is 0 Å². The highest BCUT2D eigenvalue weighted by Crippen LogP contribution is 2.36. The molecular weight excluding hydrogens is 566 g/mol. The average molecular weight is 588 g/mol. The van der Waals surface area contributed by atoms with Gasteiger partial charge in [-0.2, -0.15) is 0 Å². The van der Waals surface area contributed by atoms with Crippen molar-refractivity contribution >= 4 is 69.9 Å². The van der Waals surface area contributed by atoms with Gasteiger partial charge in [-0.15, -0.1) is 0 Å². The number of aromatic nitrogens is 2. The maximum Gasteiger partial charge on any atom is 0.407 e. The number of halogens is 4. The lowest BCUT2D eigenvalue weighted by molar-refractivity contribution is -0.123. The number of hydrogen-bond acceptors (Lipinski definition) is 6. The van der Waals surface area contributed by atoms with E-state index in [1.54, 1.807) is 43.3 Å². The van der Waals surface area contributed by atoms with Crippen molar-refractivity contribution < 1.29 is 24.0 Å². The van der Waals surface area contributed by atoms with Crippen LogP contribution in [0.2, 0.25) is 10.0 Å². The van der Waals surface area contributed by atoms with E-state index in [-0.39, 0.29) is 30.9 Å². The largest absolute Gasteiger partial charge is 0.465 e. The highest BCUT2D eigenvalue weighted by molar-refractivity contribution is 6.54. The van der Waals surface area contributed by atoms with Crippen molar-refractivity contribution in [3.8, 4) is 22.7 Å². The minimum Gasteiger partial charge on any atom is -0.465 e. The first-order valence-electron chi connectivity index (χ1n) is 11.0. The van der Waals surface area contributed by atoms with Gasteiger partial charge in [-0.05, 0) is 30.7 Å². The summed E-state index contributed by atoms with van der Waals surface area (Å²) in [5.41, 5.74) is 1.58. The molecule has 0 aliphatic carbocycles. The highest BCUT2D eigenvalue weighted by Gasteiger charge is 2.28. The number of anilines is 1. The van der Waals surface area contributed by atoms with Crippen LogP contribution in [0.1, 0.15) is 19.8 Å². The molecule has 3 rings (SSSR count). The number of rotatable bonds is 10. The Morgan fingerprint density at radius 3 is 2.35 bits per heavy atom. The summed E-state index contributed by atoms with van der Waals surface area (Å²) >= 11 is 24.3. The van der Waals surface area contributed by atoms with Crippen LogP contribution in [0.4, 0.5) is 10.5 Å². The lowest BCUT2D eigenvalue weighted by Crippen LogP contribution is -2.43. The second kappa shape index (κ2) is 12.6. The number of nitrogens with zero attached hydrogens (tertiary/aromatic N) is 4. The number of amides is 2. The normalized spacial score (nSPS) is 11.9. The smallest absolute Gasteiger partial charge is 0.407 e. The lowest BCUT2D eigenvalue weighted by atomic mass is 10.1. The van der Waals surface area contributed by atoms with E-state index >= 15 is 0 Å². The van der Waals surface area contributed by atoms with Crippen LogP contribution in [-0.2, 0) is 9.59 Å². The molecule has 0 saturated heterocycles. The van der Waals surface area contributed by atoms with Gasteiger partial charge in [0.2, 0.25) is 0 Å². The van der Waals surface area contributed by atoms with Gasteiger partial charge in [0.25, 0.3) is 5.91 Å². The van der Waals surface area contributed by atoms with Crippen molar-refractivity contribution in [2.45, 2.75) is 30.6 Å². The molecule has 37 heavy (non-hydrogen) atoms. The molecule has 0 aliphatic heterocycles. The first-order chi connectivity index (χ1) is 17.5. The number of benzene rings is 1. The molecule has 0 fully saturated rings. The Labute approximate surface area is 232 Å². The van der Waals surface area contributed by atoms with E-state index in [4.69, 9.17) is 50.9 Å². The Morgan fingerprint density at radius 2 is 1.76 bits per heavy atom. The van der Waals surface area contributed by atoms with Crippen LogP contribution in [0.15, 0.2) is 47.1 Å². The number of carbonyl (C=O) groups excluding carboxylic acids is 2. The molecule has 2 aromatic heterocycles. The van der Waals surface area contributed by atoms with Crippen molar-refractivity contribution in [3.05, 3.63) is 52.6 Å². The van der Waals surface area contributed by atoms with Gasteiger partial charge in [0.1, 0.15) is 11.4 Å². The molecule has 9 nitrogen and oxygen atoms in total. The van der Waals surface area contributed by atoms with E-state index in [2.05, 4.69) is 10.1 Å². The van der Waals surface area contributed by atoms with E-state index in [1.807, 2.05) is 0 Å². The number of hydrogen-bond donors (Lipinski definition) is 1. The topological polar surface area (TPSA) is 117 Å². The molecule has 1 N–H and O–H groups in total. The van der Waals surface area contributed by atoms with Crippen LogP contribution in [0, 0.1) is 0 Å². The minimum absolute atomic E-state index is 0.0854. The third-order valence-corrected chi connectivity index (χ3v) is 6.60. The average Bonchev–Trinajstić information content (AvgIpc) is 3.34. The molecule has 2 amide bonds. The highest BCUT2D eigenvalue weighted by atomic mass is 35.5. The maximum atomic E-state index is 12.8. The van der Waals surface area contributed by atoms with Gasteiger partial charge in [-0.25, -0.2) is 4.79 Å². The second-order valence-electron chi connectivity index (χ2n) is 7.90. The summed E-state index contributed by atoms with van der Waals surface area (Å²) in [4.78, 5) is 41.9. The van der Waals surface area contributed by atoms with Gasteiger partial charge >= 0.3 is 6.09 Å². The van der Waals surface area contributed by atoms with Gasteiger partial charge in [0, 0.05) is 43.5 Å². The zero-order chi connectivity index (χ0) is 27.3. The first kappa shape index (κ1) is 28.7. The molecule has 0 bridgehead atoms. The van der Waals surface area contributed by atoms with Gasteiger partial charge < -0.3 is 19.4 Å². The van der Waals surface area contributed by atoms with Gasteiger partial charge in [0.15, 0.2) is 16.4 Å². The van der Waals surface area contributed by atoms with E-state index in [0.717, 1.165) is 4.90 Å². The Kier molecular flexibility index (Phi) is 9.78. The molecule has 3 aromatic rings. The minimum atomic E-state index is -1.39. The third-order valence-electron chi connectivity index (χ3n) is 5.60. The molecule has 0 saturated carbocycles. The molecule has 1 atom stereocenters. The molecule has 1 unspecified atom stereocenters. The molecule has 2 heterocycles. The van der Waals surface area contributed by atoms with Crippen LogP contribution >= 0.6 is 46.4 Å². The zero-order valence-electron chi connectivity index (χ0n) is 19.7. The maximum absolute atomic E-state index is 12.8. The monoisotopic (exact) mass is 586 g/mol. The quantitative estimate of drug-likeness (QED) is 0.281. The predicted molar refractivity (Wildman–Crippen MR) is 143 cm³/mol. The third kappa shape index (κ3) is 6.73. The summed E-state index contributed by atoms with van der Waals surface area (Å²) in [6, 6.07) is 8.91. The molecule has 0 radical (unpaired) electrons. The Balaban J connectivity index is 1.88. The second-order valence-corrected chi connectivity index (χ2v) is 9.81. The summed E-state index contributed by atoms with van der Waals surface area (Å²) in [5, 5.41) is 14.1. The molecule has 196 valence electrons. The van der Waals surface area contributed by atoms with Crippen LogP contribution < -0.4 is 4.90 Å². The summed E-state index contributed by atoms with van der Waals surface area (Å²) in [6.07, 6.45) is 0.378. The van der Waals surface area contributed by atoms with Crippen LogP contribution in [0.3, 0.4) is 0 Å². The summed E-state index contributed by atoms with van der Waals surface area (Å²) in [6.45, 7) is 1.62. The number of ketones is 1. The predicted octanol–water partition coefficient (Wildman–Crippen LogP) is 6.19. The number of likely N-dealkylation sites (N-methyl/N-ethyl adjacent to an activating group) is 1. The van der Waals surface area contributed by atoms with Gasteiger partial charge in [0.05, 0.1) is 16.1 Å². The van der Waals surface area contributed by atoms with E-state index in [9.17, 15) is 19.5 Å². The van der Waals surface area contributed by atoms with Crippen LogP contribution in [0.25, 0.3) is 22.7 Å². The van der Waals surface area contributed by atoms with E-state index in [1.165, 1.54) is 18.1 Å². The van der Waals surface area contributed by atoms with Gasteiger partial charge in [-0.1, -0.05) is 64.6 Å². The number of carbonyl (C=O) groups is 3. The van der Waals surface area contributed by atoms with E-state index < -0.39 is 22.9 Å². The zero-order valence-corrected chi connectivity index (χ0v) is 22.7. The first-order valence-corrected chi connectivity index (χ1v) is 12.6.